The van der Waals surface area contributed by atoms with Gasteiger partial charge in [0.2, 0.25) is 5.13 Å². The summed E-state index contributed by atoms with van der Waals surface area (Å²) in [5.74, 6) is 0.0867. The second-order valence-corrected chi connectivity index (χ2v) is 8.47. The first kappa shape index (κ1) is 16.7. The van der Waals surface area contributed by atoms with E-state index in [9.17, 15) is 4.79 Å². The molecule has 0 radical (unpaired) electrons. The van der Waals surface area contributed by atoms with E-state index in [0.717, 1.165) is 38.1 Å². The third kappa shape index (κ3) is 3.61. The highest BCUT2D eigenvalue weighted by atomic mass is 79.9. The van der Waals surface area contributed by atoms with E-state index in [2.05, 4.69) is 37.1 Å². The minimum absolute atomic E-state index is 0.0867. The molecule has 0 bridgehead atoms. The van der Waals surface area contributed by atoms with Crippen LogP contribution >= 0.6 is 38.6 Å². The molecule has 0 atom stereocenters. The van der Waals surface area contributed by atoms with Gasteiger partial charge in [0.25, 0.3) is 5.91 Å². The summed E-state index contributed by atoms with van der Waals surface area (Å²) in [6.45, 7) is 2.95. The molecule has 4 rings (SSSR count). The lowest BCUT2D eigenvalue weighted by Gasteiger charge is -2.34. The maximum atomic E-state index is 12.6. The van der Waals surface area contributed by atoms with Gasteiger partial charge in [0.1, 0.15) is 0 Å². The molecule has 1 saturated heterocycles. The number of halogens is 1. The highest BCUT2D eigenvalue weighted by Gasteiger charge is 2.24. The van der Waals surface area contributed by atoms with Crippen molar-refractivity contribution in [2.45, 2.75) is 0 Å². The number of rotatable bonds is 3. The molecule has 1 aliphatic rings. The number of hydrogen-bond acceptors (Lipinski definition) is 6. The first-order chi connectivity index (χ1) is 12.2. The van der Waals surface area contributed by atoms with Crippen molar-refractivity contribution in [3.8, 4) is 9.88 Å². The maximum absolute atomic E-state index is 12.6. The number of hydrogen-bond donors (Lipinski definition) is 0. The Balaban J connectivity index is 1.40. The van der Waals surface area contributed by atoms with E-state index in [1.54, 1.807) is 22.7 Å². The molecule has 3 heterocycles. The fourth-order valence-electron chi connectivity index (χ4n) is 2.72. The van der Waals surface area contributed by atoms with Crippen molar-refractivity contribution in [3.63, 3.8) is 0 Å². The number of thiophene rings is 1. The molecule has 0 unspecified atom stereocenters. The summed E-state index contributed by atoms with van der Waals surface area (Å²) < 4.78 is 0.978. The maximum Gasteiger partial charge on any atom is 0.253 e. The van der Waals surface area contributed by atoms with Gasteiger partial charge in [0.05, 0.1) is 4.88 Å². The third-order valence-corrected chi connectivity index (χ3v) is 6.63. The van der Waals surface area contributed by atoms with E-state index >= 15 is 0 Å². The lowest BCUT2D eigenvalue weighted by Crippen LogP contribution is -2.48. The number of piperazine rings is 1. The van der Waals surface area contributed by atoms with E-state index < -0.39 is 0 Å². The number of nitrogens with zero attached hydrogens (tertiary/aromatic N) is 4. The smallest absolute Gasteiger partial charge is 0.253 e. The molecule has 8 heteroatoms. The minimum Gasteiger partial charge on any atom is -0.343 e. The summed E-state index contributed by atoms with van der Waals surface area (Å²) in [7, 11) is 0. The molecule has 0 aliphatic carbocycles. The molecule has 1 aromatic carbocycles. The van der Waals surface area contributed by atoms with Gasteiger partial charge < -0.3 is 9.80 Å². The zero-order valence-electron chi connectivity index (χ0n) is 13.3. The Morgan fingerprint density at radius 3 is 2.48 bits per heavy atom. The molecule has 5 nitrogen and oxygen atoms in total. The molecule has 1 fully saturated rings. The van der Waals surface area contributed by atoms with Crippen LogP contribution in [-0.4, -0.2) is 47.2 Å². The highest BCUT2D eigenvalue weighted by molar-refractivity contribution is 9.10. The van der Waals surface area contributed by atoms with Crippen LogP contribution in [-0.2, 0) is 0 Å². The molecule has 3 aromatic rings. The monoisotopic (exact) mass is 434 g/mol. The zero-order valence-corrected chi connectivity index (χ0v) is 16.5. The Hall–Kier alpha value is -1.77. The summed E-state index contributed by atoms with van der Waals surface area (Å²) in [6, 6.07) is 11.6. The van der Waals surface area contributed by atoms with Gasteiger partial charge in [-0.2, -0.15) is 0 Å². The van der Waals surface area contributed by atoms with Crippen LogP contribution < -0.4 is 4.90 Å². The van der Waals surface area contributed by atoms with Gasteiger partial charge in [0, 0.05) is 36.2 Å². The van der Waals surface area contributed by atoms with E-state index in [0.29, 0.717) is 13.1 Å². The largest absolute Gasteiger partial charge is 0.343 e. The molecule has 128 valence electrons. The third-order valence-electron chi connectivity index (χ3n) is 4.07. The van der Waals surface area contributed by atoms with Crippen LogP contribution in [0.5, 0.6) is 0 Å². The molecule has 2 aromatic heterocycles. The highest BCUT2D eigenvalue weighted by Crippen LogP contribution is 2.31. The van der Waals surface area contributed by atoms with Crippen LogP contribution in [0.2, 0.25) is 0 Å². The van der Waals surface area contributed by atoms with Crippen LogP contribution in [0.3, 0.4) is 0 Å². The van der Waals surface area contributed by atoms with Gasteiger partial charge in [-0.05, 0) is 35.7 Å². The summed E-state index contributed by atoms with van der Waals surface area (Å²) in [5.41, 5.74) is 0.729. The average molecular weight is 435 g/mol. The number of carbonyl (C=O) groups is 1. The van der Waals surface area contributed by atoms with E-state index in [4.69, 9.17) is 0 Å². The molecule has 1 aliphatic heterocycles. The molecule has 0 spiro atoms. The molecule has 0 saturated carbocycles. The van der Waals surface area contributed by atoms with Crippen LogP contribution in [0.15, 0.2) is 46.3 Å². The summed E-state index contributed by atoms with van der Waals surface area (Å²) >= 11 is 6.68. The zero-order chi connectivity index (χ0) is 17.2. The molecule has 25 heavy (non-hydrogen) atoms. The van der Waals surface area contributed by atoms with E-state index in [1.807, 2.05) is 40.6 Å². The summed E-state index contributed by atoms with van der Waals surface area (Å²) in [4.78, 5) is 17.8. The standard InChI is InChI=1S/C17H15BrN4OS2/c18-13-5-3-12(4-6-13)16(23)21-7-9-22(10-8-21)17-20-19-15(25-17)14-2-1-11-24-14/h1-6,11H,7-10H2. The van der Waals surface area contributed by atoms with Crippen LogP contribution in [0, 0.1) is 0 Å². The summed E-state index contributed by atoms with van der Waals surface area (Å²) in [6.07, 6.45) is 0. The Labute approximate surface area is 162 Å². The Kier molecular flexibility index (Phi) is 4.82. The topological polar surface area (TPSA) is 49.3 Å². The average Bonchev–Trinajstić information content (AvgIpc) is 3.33. The first-order valence-electron chi connectivity index (χ1n) is 7.88. The lowest BCUT2D eigenvalue weighted by atomic mass is 10.2. The fourth-order valence-corrected chi connectivity index (χ4v) is 4.67. The van der Waals surface area contributed by atoms with Gasteiger partial charge >= 0.3 is 0 Å². The Morgan fingerprint density at radius 1 is 1.04 bits per heavy atom. The van der Waals surface area contributed by atoms with Crippen molar-refractivity contribution < 1.29 is 4.79 Å². The molecule has 1 amide bonds. The van der Waals surface area contributed by atoms with Gasteiger partial charge in [-0.25, -0.2) is 0 Å². The minimum atomic E-state index is 0.0867. The second-order valence-electron chi connectivity index (χ2n) is 5.65. The number of amides is 1. The Bertz CT molecular complexity index is 855. The van der Waals surface area contributed by atoms with Crippen molar-refractivity contribution in [1.29, 1.82) is 0 Å². The SMILES string of the molecule is O=C(c1ccc(Br)cc1)N1CCN(c2nnc(-c3cccs3)s2)CC1. The van der Waals surface area contributed by atoms with E-state index in [1.165, 1.54) is 0 Å². The Morgan fingerprint density at radius 2 is 1.80 bits per heavy atom. The predicted molar refractivity (Wildman–Crippen MR) is 105 cm³/mol. The van der Waals surface area contributed by atoms with Gasteiger partial charge in [-0.3, -0.25) is 4.79 Å². The van der Waals surface area contributed by atoms with Crippen LogP contribution in [0.1, 0.15) is 10.4 Å². The fraction of sp³-hybridized carbons (Fsp3) is 0.235. The second kappa shape index (κ2) is 7.23. The number of benzene rings is 1. The molecular weight excluding hydrogens is 420 g/mol. The first-order valence-corrected chi connectivity index (χ1v) is 10.4. The van der Waals surface area contributed by atoms with Gasteiger partial charge in [-0.1, -0.05) is 33.3 Å². The van der Waals surface area contributed by atoms with Crippen molar-refractivity contribution in [3.05, 3.63) is 51.8 Å². The predicted octanol–water partition coefficient (Wildman–Crippen LogP) is 3.99. The van der Waals surface area contributed by atoms with Gasteiger partial charge in [-0.15, -0.1) is 21.5 Å². The quantitative estimate of drug-likeness (QED) is 0.624. The number of anilines is 1. The molecular formula is C17H15BrN4OS2. The van der Waals surface area contributed by atoms with Crippen LogP contribution in [0.4, 0.5) is 5.13 Å². The van der Waals surface area contributed by atoms with E-state index in [-0.39, 0.29) is 5.91 Å². The number of carbonyl (C=O) groups excluding carboxylic acids is 1. The summed E-state index contributed by atoms with van der Waals surface area (Å²) in [5, 5.41) is 12.6. The van der Waals surface area contributed by atoms with Crippen molar-refractivity contribution in [1.82, 2.24) is 15.1 Å². The normalized spacial score (nSPS) is 14.8. The van der Waals surface area contributed by atoms with Gasteiger partial charge in [0.15, 0.2) is 5.01 Å². The van der Waals surface area contributed by atoms with Crippen LogP contribution in [0.25, 0.3) is 9.88 Å². The van der Waals surface area contributed by atoms with Crippen molar-refractivity contribution in [2.24, 2.45) is 0 Å². The van der Waals surface area contributed by atoms with Crippen molar-refractivity contribution in [2.75, 3.05) is 31.1 Å². The molecule has 0 N–H and O–H groups in total. The number of aromatic nitrogens is 2. The lowest BCUT2D eigenvalue weighted by molar-refractivity contribution is 0.0746. The van der Waals surface area contributed by atoms with Crippen molar-refractivity contribution >= 4 is 49.6 Å².